The van der Waals surface area contributed by atoms with Crippen molar-refractivity contribution in [2.24, 2.45) is 4.99 Å². The van der Waals surface area contributed by atoms with E-state index in [-0.39, 0.29) is 11.6 Å². The molecular formula is C16H7Cl4NO2. The van der Waals surface area contributed by atoms with E-state index in [1.165, 1.54) is 0 Å². The number of esters is 1. The molecule has 0 aromatic heterocycles. The molecule has 0 radical (unpaired) electrons. The fourth-order valence-corrected chi connectivity index (χ4v) is 2.74. The summed E-state index contributed by atoms with van der Waals surface area (Å²) >= 11 is 23.8. The van der Waals surface area contributed by atoms with Crippen LogP contribution in [0.3, 0.4) is 0 Å². The van der Waals surface area contributed by atoms with E-state index in [4.69, 9.17) is 51.1 Å². The number of carbonyl (C=O) groups is 1. The highest BCUT2D eigenvalue weighted by Crippen LogP contribution is 2.28. The van der Waals surface area contributed by atoms with Gasteiger partial charge in [0.15, 0.2) is 5.70 Å². The van der Waals surface area contributed by atoms with E-state index in [1.807, 2.05) is 0 Å². The molecule has 0 bridgehead atoms. The molecule has 0 atom stereocenters. The maximum Gasteiger partial charge on any atom is 0.363 e. The summed E-state index contributed by atoms with van der Waals surface area (Å²) in [6.45, 7) is 0. The molecule has 3 rings (SSSR count). The maximum absolute atomic E-state index is 12.0. The van der Waals surface area contributed by atoms with Crippen LogP contribution in [-0.4, -0.2) is 11.9 Å². The van der Waals surface area contributed by atoms with E-state index in [0.29, 0.717) is 31.2 Å². The van der Waals surface area contributed by atoms with Crippen LogP contribution < -0.4 is 0 Å². The molecule has 3 nitrogen and oxygen atoms in total. The second-order valence-corrected chi connectivity index (χ2v) is 6.29. The molecule has 1 aliphatic heterocycles. The molecule has 0 fully saturated rings. The minimum Gasteiger partial charge on any atom is -0.402 e. The van der Waals surface area contributed by atoms with Crippen LogP contribution in [0.15, 0.2) is 47.1 Å². The van der Waals surface area contributed by atoms with Crippen molar-refractivity contribution in [2.45, 2.75) is 0 Å². The Morgan fingerprint density at radius 2 is 1.70 bits per heavy atom. The Balaban J connectivity index is 1.97. The van der Waals surface area contributed by atoms with Crippen molar-refractivity contribution in [3.8, 4) is 0 Å². The fraction of sp³-hybridized carbons (Fsp3) is 0. The number of aliphatic imine (C=N–C) groups is 1. The van der Waals surface area contributed by atoms with Gasteiger partial charge in [0.1, 0.15) is 0 Å². The molecule has 0 amide bonds. The average molecular weight is 387 g/mol. The zero-order chi connectivity index (χ0) is 16.6. The number of carbonyl (C=O) groups excluding carboxylic acids is 1. The number of nitrogens with zero attached hydrogens (tertiary/aromatic N) is 1. The molecule has 2 aromatic carbocycles. The van der Waals surface area contributed by atoms with Crippen LogP contribution in [0.1, 0.15) is 11.1 Å². The zero-order valence-electron chi connectivity index (χ0n) is 11.3. The molecule has 0 N–H and O–H groups in total. The summed E-state index contributed by atoms with van der Waals surface area (Å²) in [5, 5.41) is 1.65. The molecule has 1 aliphatic rings. The van der Waals surface area contributed by atoms with Gasteiger partial charge in [-0.25, -0.2) is 9.79 Å². The van der Waals surface area contributed by atoms with Crippen LogP contribution in [0.4, 0.5) is 0 Å². The van der Waals surface area contributed by atoms with Crippen molar-refractivity contribution in [1.29, 1.82) is 0 Å². The SMILES string of the molecule is O=C1OC(c2ccc(Cl)cc2Cl)=N/C1=C/c1ccc(Cl)c(Cl)c1. The molecule has 2 aromatic rings. The second-order valence-electron chi connectivity index (χ2n) is 4.63. The standard InChI is InChI=1S/C16H7Cl4NO2/c17-9-2-3-10(12(19)7-9)15-21-14(16(22)23-15)6-8-1-4-11(18)13(20)5-8/h1-7H/b14-6+. The highest BCUT2D eigenvalue weighted by molar-refractivity contribution is 6.42. The number of hydrogen-bond acceptors (Lipinski definition) is 3. The first-order chi connectivity index (χ1) is 10.9. The smallest absolute Gasteiger partial charge is 0.363 e. The Morgan fingerprint density at radius 1 is 0.913 bits per heavy atom. The lowest BCUT2D eigenvalue weighted by molar-refractivity contribution is -0.129. The van der Waals surface area contributed by atoms with Gasteiger partial charge in [0.25, 0.3) is 0 Å². The molecular weight excluding hydrogens is 380 g/mol. The zero-order valence-corrected chi connectivity index (χ0v) is 14.3. The third-order valence-corrected chi connectivity index (χ3v) is 4.32. The Morgan fingerprint density at radius 3 is 2.39 bits per heavy atom. The fourth-order valence-electron chi connectivity index (χ4n) is 1.95. The number of benzene rings is 2. The monoisotopic (exact) mass is 385 g/mol. The topological polar surface area (TPSA) is 38.7 Å². The van der Waals surface area contributed by atoms with Crippen molar-refractivity contribution in [2.75, 3.05) is 0 Å². The molecule has 0 spiro atoms. The predicted molar refractivity (Wildman–Crippen MR) is 93.5 cm³/mol. The summed E-state index contributed by atoms with van der Waals surface area (Å²) in [6, 6.07) is 9.82. The van der Waals surface area contributed by atoms with Crippen LogP contribution in [-0.2, 0) is 9.53 Å². The van der Waals surface area contributed by atoms with Gasteiger partial charge in [-0.1, -0.05) is 52.5 Å². The van der Waals surface area contributed by atoms with Crippen molar-refractivity contribution < 1.29 is 9.53 Å². The lowest BCUT2D eigenvalue weighted by Gasteiger charge is -2.02. The van der Waals surface area contributed by atoms with E-state index < -0.39 is 5.97 Å². The lowest BCUT2D eigenvalue weighted by atomic mass is 10.2. The highest BCUT2D eigenvalue weighted by Gasteiger charge is 2.25. The van der Waals surface area contributed by atoms with E-state index in [0.717, 1.165) is 0 Å². The van der Waals surface area contributed by atoms with Crippen molar-refractivity contribution in [3.05, 3.63) is 73.3 Å². The van der Waals surface area contributed by atoms with Gasteiger partial charge in [0.2, 0.25) is 5.90 Å². The molecule has 1 heterocycles. The van der Waals surface area contributed by atoms with Crippen molar-refractivity contribution in [3.63, 3.8) is 0 Å². The minimum absolute atomic E-state index is 0.128. The van der Waals surface area contributed by atoms with E-state index >= 15 is 0 Å². The number of cyclic esters (lactones) is 1. The van der Waals surface area contributed by atoms with Gasteiger partial charge in [0.05, 0.1) is 20.6 Å². The summed E-state index contributed by atoms with van der Waals surface area (Å²) in [6.07, 6.45) is 1.56. The van der Waals surface area contributed by atoms with Gasteiger partial charge in [-0.3, -0.25) is 0 Å². The maximum atomic E-state index is 12.0. The van der Waals surface area contributed by atoms with Crippen molar-refractivity contribution in [1.82, 2.24) is 0 Å². The summed E-state index contributed by atoms with van der Waals surface area (Å²) in [4.78, 5) is 16.1. The Hall–Kier alpha value is -1.52. The Kier molecular flexibility index (Phi) is 4.64. The van der Waals surface area contributed by atoms with Gasteiger partial charge in [-0.15, -0.1) is 0 Å². The highest BCUT2D eigenvalue weighted by atomic mass is 35.5. The average Bonchev–Trinajstić information content (AvgIpc) is 2.84. The summed E-state index contributed by atoms with van der Waals surface area (Å²) in [5.41, 5.74) is 1.31. The van der Waals surface area contributed by atoms with Crippen LogP contribution >= 0.6 is 46.4 Å². The largest absolute Gasteiger partial charge is 0.402 e. The number of rotatable bonds is 2. The summed E-state index contributed by atoms with van der Waals surface area (Å²) in [5.74, 6) is -0.444. The quantitative estimate of drug-likeness (QED) is 0.494. The third-order valence-electron chi connectivity index (χ3n) is 3.03. The number of halogens is 4. The minimum atomic E-state index is -0.572. The number of hydrogen-bond donors (Lipinski definition) is 0. The van der Waals surface area contributed by atoms with Crippen LogP contribution in [0.2, 0.25) is 20.1 Å². The van der Waals surface area contributed by atoms with Gasteiger partial charge >= 0.3 is 5.97 Å². The normalized spacial score (nSPS) is 15.7. The third kappa shape index (κ3) is 3.54. The first-order valence-electron chi connectivity index (χ1n) is 6.37. The van der Waals surface area contributed by atoms with Crippen LogP contribution in [0.5, 0.6) is 0 Å². The summed E-state index contributed by atoms with van der Waals surface area (Å²) < 4.78 is 5.16. The van der Waals surface area contributed by atoms with E-state index in [2.05, 4.69) is 4.99 Å². The molecule has 116 valence electrons. The molecule has 0 unspecified atom stereocenters. The first-order valence-corrected chi connectivity index (χ1v) is 7.88. The van der Waals surface area contributed by atoms with E-state index in [9.17, 15) is 4.79 Å². The Bertz CT molecular complexity index is 874. The van der Waals surface area contributed by atoms with Crippen LogP contribution in [0, 0.1) is 0 Å². The molecule has 0 aliphatic carbocycles. The second kappa shape index (κ2) is 6.54. The van der Waals surface area contributed by atoms with Crippen LogP contribution in [0.25, 0.3) is 6.08 Å². The molecule has 0 saturated carbocycles. The van der Waals surface area contributed by atoms with Gasteiger partial charge in [-0.05, 0) is 42.0 Å². The Labute approximate surface area is 152 Å². The predicted octanol–water partition coefficient (Wildman–Crippen LogP) is 5.64. The molecule has 7 heteroatoms. The van der Waals surface area contributed by atoms with Crippen molar-refractivity contribution >= 4 is 64.3 Å². The lowest BCUT2D eigenvalue weighted by Crippen LogP contribution is -2.05. The molecule has 0 saturated heterocycles. The first kappa shape index (κ1) is 16.3. The van der Waals surface area contributed by atoms with Gasteiger partial charge in [0, 0.05) is 5.02 Å². The summed E-state index contributed by atoms with van der Waals surface area (Å²) in [7, 11) is 0. The van der Waals surface area contributed by atoms with Gasteiger partial charge < -0.3 is 4.74 Å². The van der Waals surface area contributed by atoms with E-state index in [1.54, 1.807) is 42.5 Å². The number of ether oxygens (including phenoxy) is 1. The van der Waals surface area contributed by atoms with Gasteiger partial charge in [-0.2, -0.15) is 0 Å². The molecule has 23 heavy (non-hydrogen) atoms.